The van der Waals surface area contributed by atoms with Gasteiger partial charge in [-0.2, -0.15) is 0 Å². The summed E-state index contributed by atoms with van der Waals surface area (Å²) in [7, 11) is 6.67. The summed E-state index contributed by atoms with van der Waals surface area (Å²) < 4.78 is 50.9. The van der Waals surface area contributed by atoms with Crippen LogP contribution in [0.3, 0.4) is 0 Å². The van der Waals surface area contributed by atoms with Crippen LogP contribution in [0.1, 0.15) is 113 Å². The number of carbonyl (C=O) groups excluding carboxylic acids is 4. The van der Waals surface area contributed by atoms with Gasteiger partial charge in [-0.15, -0.1) is 0 Å². The van der Waals surface area contributed by atoms with Gasteiger partial charge >= 0.3 is 12.1 Å². The van der Waals surface area contributed by atoms with E-state index in [0.717, 1.165) is 0 Å². The van der Waals surface area contributed by atoms with Crippen LogP contribution in [0.4, 0.5) is 10.5 Å². The fourth-order valence-electron chi connectivity index (χ4n) is 10.6. The average molecular weight is 1030 g/mol. The number of alkyl carbamates (subject to hydrolysis) is 1. The molecule has 410 valence electrons. The average Bonchev–Trinajstić information content (AvgIpc) is 3.33. The van der Waals surface area contributed by atoms with Gasteiger partial charge in [0.1, 0.15) is 29.2 Å². The number of methoxy groups -OCH3 is 2. The number of nitro benzene ring substituents is 1. The summed E-state index contributed by atoms with van der Waals surface area (Å²) in [6, 6.07) is 5.43. The molecule has 72 heavy (non-hydrogen) atoms. The number of amides is 2. The van der Waals surface area contributed by atoms with Gasteiger partial charge in [-0.05, 0) is 93.3 Å². The highest BCUT2D eigenvalue weighted by Crippen LogP contribution is 2.42. The van der Waals surface area contributed by atoms with Gasteiger partial charge in [0.05, 0.1) is 53.4 Å². The molecule has 3 saturated heterocycles. The Morgan fingerprint density at radius 3 is 2.04 bits per heavy atom. The number of Topliss-reactive ketones (excluding diaryl/α,β-unsaturated/α-hetero) is 1. The molecule has 0 aliphatic carbocycles. The zero-order chi connectivity index (χ0) is 54.0. The summed E-state index contributed by atoms with van der Waals surface area (Å²) in [4.78, 5) is 66.6. The molecule has 21 heteroatoms. The van der Waals surface area contributed by atoms with Gasteiger partial charge in [0, 0.05) is 69.7 Å². The van der Waals surface area contributed by atoms with Crippen LogP contribution in [0.2, 0.25) is 0 Å². The van der Waals surface area contributed by atoms with Crippen LogP contribution in [-0.2, 0) is 58.7 Å². The monoisotopic (exact) mass is 1020 g/mol. The minimum absolute atomic E-state index is 0.0117. The fourth-order valence-corrected chi connectivity index (χ4v) is 10.6. The second kappa shape index (κ2) is 26.0. The SMILES string of the molecule is CC[C@@H]1OC(=O)[C@H](C)[C@@H](O[C@H]2C[C@@](C)(OC)[C@@H](OC(=O)NCCCCNC(=O)Cc3ccc([N+](=O)[O-])cc3)[C@H](C)O2)[C@@H](C)C(O[C@@H]2O[C@H](C)C[C@H](N(C)C)[C@H]2O)[C@](C)(OC)C[C@@H](C)C(=O)[C@@H](C)[C@H](O)[C@]1(C)O. The molecule has 0 saturated carbocycles. The van der Waals surface area contributed by atoms with Crippen molar-refractivity contribution in [3.8, 4) is 0 Å². The van der Waals surface area contributed by atoms with E-state index in [9.17, 15) is 44.6 Å². The lowest BCUT2D eigenvalue weighted by atomic mass is 9.74. The lowest BCUT2D eigenvalue weighted by molar-refractivity contribution is -0.384. The second-order valence-corrected chi connectivity index (χ2v) is 21.1. The van der Waals surface area contributed by atoms with E-state index in [2.05, 4.69) is 10.6 Å². The Labute approximate surface area is 424 Å². The standard InChI is InChI=1S/C51H84N4O17/c1-15-37-51(10,62)43(59)30(4)40(57)28(2)26-49(8,65-13)44(71-47-41(58)36(54(11)12)24-29(3)67-47)31(5)42(32(6)46(60)69-37)70-39-27-50(9,66-14)45(33(7)68-39)72-48(61)53-23-17-16-22-52-38(56)25-34-18-20-35(21-19-34)55(63)64/h18-21,28-33,36-37,39,41-45,47,58-59,62H,15-17,22-27H2,1-14H3,(H,52,56)(H,53,61)/t28-,29-,30-,31-,32-,33+,36+,37+,39+,41-,42+,43+,44?,45+,47+,49-,50-,51-/m1/s1. The number of ketones is 1. The van der Waals surface area contributed by atoms with Crippen LogP contribution in [0.25, 0.3) is 0 Å². The molecule has 4 rings (SSSR count). The Bertz CT molecular complexity index is 1960. The maximum Gasteiger partial charge on any atom is 0.407 e. The Hall–Kier alpha value is -3.90. The van der Waals surface area contributed by atoms with E-state index < -0.39 is 113 Å². The van der Waals surface area contributed by atoms with Crippen LogP contribution in [0.5, 0.6) is 0 Å². The third-order valence-corrected chi connectivity index (χ3v) is 15.2. The van der Waals surface area contributed by atoms with E-state index in [4.69, 9.17) is 37.9 Å². The fraction of sp³-hybridized carbons (Fsp3) is 0.804. The second-order valence-electron chi connectivity index (χ2n) is 21.1. The number of hydrogen-bond donors (Lipinski definition) is 5. The zero-order valence-corrected chi connectivity index (χ0v) is 44.8. The number of nitrogens with one attached hydrogen (secondary N) is 2. The van der Waals surface area contributed by atoms with Crippen molar-refractivity contribution in [1.82, 2.24) is 15.5 Å². The molecule has 0 aromatic heterocycles. The van der Waals surface area contributed by atoms with Crippen LogP contribution < -0.4 is 10.6 Å². The van der Waals surface area contributed by atoms with Gasteiger partial charge in [0.25, 0.3) is 5.69 Å². The summed E-state index contributed by atoms with van der Waals surface area (Å²) >= 11 is 0. The zero-order valence-electron chi connectivity index (χ0n) is 44.8. The van der Waals surface area contributed by atoms with E-state index >= 15 is 0 Å². The molecule has 21 nitrogen and oxygen atoms in total. The molecule has 0 bridgehead atoms. The summed E-state index contributed by atoms with van der Waals surface area (Å²) in [6.45, 7) is 17.4. The molecule has 3 fully saturated rings. The van der Waals surface area contributed by atoms with Gasteiger partial charge in [-0.1, -0.05) is 39.8 Å². The number of rotatable bonds is 17. The number of carbonyl (C=O) groups is 4. The number of non-ortho nitro benzene ring substituents is 1. The molecule has 0 spiro atoms. The molecule has 5 N–H and O–H groups in total. The Morgan fingerprint density at radius 1 is 0.875 bits per heavy atom. The Balaban J connectivity index is 1.57. The minimum Gasteiger partial charge on any atom is -0.459 e. The van der Waals surface area contributed by atoms with E-state index in [0.29, 0.717) is 31.4 Å². The molecule has 18 atom stereocenters. The number of nitro groups is 1. The molecule has 0 radical (unpaired) electrons. The van der Waals surface area contributed by atoms with Gasteiger partial charge in [-0.25, -0.2) is 4.79 Å². The number of benzene rings is 1. The summed E-state index contributed by atoms with van der Waals surface area (Å²) in [5.74, 6) is -5.11. The largest absolute Gasteiger partial charge is 0.459 e. The molecule has 1 aromatic rings. The van der Waals surface area contributed by atoms with Crippen LogP contribution in [0, 0.1) is 33.8 Å². The van der Waals surface area contributed by atoms with Crippen molar-refractivity contribution in [2.24, 2.45) is 23.7 Å². The molecule has 2 amide bonds. The molecular formula is C51H84N4O17. The number of likely N-dealkylation sites (N-methyl/N-ethyl adjacent to an activating group) is 1. The highest BCUT2D eigenvalue weighted by Gasteiger charge is 2.55. The first-order valence-corrected chi connectivity index (χ1v) is 25.3. The summed E-state index contributed by atoms with van der Waals surface area (Å²) in [6.07, 6.45) is -9.35. The number of unbranched alkanes of at least 4 members (excludes halogenated alkanes) is 1. The number of aliphatic hydroxyl groups excluding tert-OH is 2. The number of cyclic esters (lactones) is 1. The molecular weight excluding hydrogens is 941 g/mol. The normalized spacial score (nSPS) is 38.3. The van der Waals surface area contributed by atoms with E-state index in [1.54, 1.807) is 41.5 Å². The highest BCUT2D eigenvalue weighted by molar-refractivity contribution is 5.83. The van der Waals surface area contributed by atoms with E-state index in [1.165, 1.54) is 52.3 Å². The topological polar surface area (TPSA) is 273 Å². The van der Waals surface area contributed by atoms with E-state index in [1.807, 2.05) is 32.8 Å². The van der Waals surface area contributed by atoms with E-state index in [-0.39, 0.29) is 61.8 Å². The molecule has 1 aromatic carbocycles. The van der Waals surface area contributed by atoms with Crippen molar-refractivity contribution >= 4 is 29.4 Å². The van der Waals surface area contributed by atoms with Crippen molar-refractivity contribution in [2.45, 2.75) is 198 Å². The first kappa shape index (κ1) is 60.7. The Morgan fingerprint density at radius 2 is 1.47 bits per heavy atom. The quantitative estimate of drug-likeness (QED) is 0.0632. The maximum absolute atomic E-state index is 14.5. The van der Waals surface area contributed by atoms with Crippen molar-refractivity contribution < 1.29 is 77.3 Å². The first-order valence-electron chi connectivity index (χ1n) is 25.3. The van der Waals surface area contributed by atoms with Crippen molar-refractivity contribution in [3.63, 3.8) is 0 Å². The third kappa shape index (κ3) is 14.9. The lowest BCUT2D eigenvalue weighted by Gasteiger charge is -2.50. The predicted octanol–water partition coefficient (Wildman–Crippen LogP) is 4.22. The molecule has 1 unspecified atom stereocenters. The first-order chi connectivity index (χ1) is 33.6. The number of esters is 1. The smallest absolute Gasteiger partial charge is 0.407 e. The van der Waals surface area contributed by atoms with Gasteiger partial charge in [0.15, 0.2) is 18.7 Å². The number of aliphatic hydroxyl groups is 3. The molecule has 3 heterocycles. The predicted molar refractivity (Wildman–Crippen MR) is 262 cm³/mol. The van der Waals surface area contributed by atoms with Crippen LogP contribution >= 0.6 is 0 Å². The number of nitrogens with zero attached hydrogens (tertiary/aromatic N) is 2. The van der Waals surface area contributed by atoms with Crippen molar-refractivity contribution in [3.05, 3.63) is 39.9 Å². The minimum atomic E-state index is -2.03. The number of hydrogen-bond acceptors (Lipinski definition) is 18. The summed E-state index contributed by atoms with van der Waals surface area (Å²) in [5.41, 5.74) is -3.97. The van der Waals surface area contributed by atoms with Crippen LogP contribution in [0.15, 0.2) is 24.3 Å². The van der Waals surface area contributed by atoms with Gasteiger partial charge in [-0.3, -0.25) is 24.5 Å². The highest BCUT2D eigenvalue weighted by atomic mass is 16.7. The number of ether oxygens (including phenoxy) is 8. The maximum atomic E-state index is 14.5. The molecule has 3 aliphatic heterocycles. The van der Waals surface area contributed by atoms with Gasteiger partial charge in [0.2, 0.25) is 5.91 Å². The third-order valence-electron chi connectivity index (χ3n) is 15.2. The van der Waals surface area contributed by atoms with Gasteiger partial charge < -0.3 is 68.7 Å². The van der Waals surface area contributed by atoms with Crippen molar-refractivity contribution in [2.75, 3.05) is 41.4 Å². The van der Waals surface area contributed by atoms with Crippen molar-refractivity contribution in [1.29, 1.82) is 0 Å². The molecule has 3 aliphatic rings. The lowest BCUT2D eigenvalue weighted by Crippen LogP contribution is -2.62. The van der Waals surface area contributed by atoms with Crippen LogP contribution in [-0.4, -0.2) is 175 Å². The Kier molecular flexibility index (Phi) is 21.9. The summed E-state index contributed by atoms with van der Waals surface area (Å²) in [5, 5.41) is 51.6.